The summed E-state index contributed by atoms with van der Waals surface area (Å²) in [4.78, 5) is 11.2. The maximum absolute atomic E-state index is 11.2. The Kier molecular flexibility index (Phi) is 4.14. The molecular weight excluding hydrogens is 180 g/mol. The lowest BCUT2D eigenvalue weighted by Crippen LogP contribution is -2.24. The van der Waals surface area contributed by atoms with Crippen molar-refractivity contribution in [1.29, 1.82) is 0 Å². The van der Waals surface area contributed by atoms with Crippen LogP contribution in [0, 0.1) is 5.92 Å². The largest absolute Gasteiger partial charge is 0.466 e. The van der Waals surface area contributed by atoms with Gasteiger partial charge in [0, 0.05) is 11.5 Å². The zero-order chi connectivity index (χ0) is 10.6. The zero-order valence-electron chi connectivity index (χ0n) is 8.66. The summed E-state index contributed by atoms with van der Waals surface area (Å²) >= 11 is 0. The molecule has 1 N–H and O–H groups in total. The summed E-state index contributed by atoms with van der Waals surface area (Å²) in [6.45, 7) is 3.71. The molecule has 0 amide bonds. The third kappa shape index (κ3) is 2.58. The first-order chi connectivity index (χ1) is 6.66. The number of esters is 1. The second-order valence-corrected chi connectivity index (χ2v) is 3.83. The van der Waals surface area contributed by atoms with Crippen LogP contribution in [0.4, 0.5) is 0 Å². The second-order valence-electron chi connectivity index (χ2n) is 3.83. The fraction of sp³-hybridized carbons (Fsp3) is 0.727. The van der Waals surface area contributed by atoms with Crippen LogP contribution in [-0.4, -0.2) is 24.3 Å². The molecule has 0 unspecified atom stereocenters. The molecule has 80 valence electrons. The van der Waals surface area contributed by atoms with Crippen molar-refractivity contribution in [3.63, 3.8) is 0 Å². The molecule has 0 aromatic rings. The summed E-state index contributed by atoms with van der Waals surface area (Å²) in [5.74, 6) is -0.499. The molecular formula is C11H18O3. The summed E-state index contributed by atoms with van der Waals surface area (Å²) < 4.78 is 4.60. The van der Waals surface area contributed by atoms with Gasteiger partial charge in [0.15, 0.2) is 0 Å². The molecule has 0 aromatic heterocycles. The van der Waals surface area contributed by atoms with E-state index < -0.39 is 12.1 Å². The molecule has 3 heteroatoms. The van der Waals surface area contributed by atoms with Gasteiger partial charge in [-0.05, 0) is 12.8 Å². The van der Waals surface area contributed by atoms with Gasteiger partial charge in [0.1, 0.15) is 0 Å². The first kappa shape index (κ1) is 11.2. The zero-order valence-corrected chi connectivity index (χ0v) is 8.66. The van der Waals surface area contributed by atoms with Crippen molar-refractivity contribution in [1.82, 2.24) is 0 Å². The summed E-state index contributed by atoms with van der Waals surface area (Å²) in [5, 5.41) is 9.80. The standard InChI is InChI=1S/C11H18O3/c1-8(11(13)14-2)9-6-4-3-5-7-10(9)12/h9-10,12H,1,3-7H2,2H3/t9-,10-/m1/s1. The number of carbonyl (C=O) groups is 1. The second kappa shape index (κ2) is 5.15. The van der Waals surface area contributed by atoms with Crippen molar-refractivity contribution in [2.75, 3.05) is 7.11 Å². The predicted octanol–water partition coefficient (Wildman–Crippen LogP) is 1.66. The minimum atomic E-state index is -0.427. The van der Waals surface area contributed by atoms with Crippen LogP contribution in [-0.2, 0) is 9.53 Å². The van der Waals surface area contributed by atoms with Crippen LogP contribution in [0.1, 0.15) is 32.1 Å². The molecule has 3 nitrogen and oxygen atoms in total. The number of hydrogen-bond donors (Lipinski definition) is 1. The minimum absolute atomic E-state index is 0.107. The normalized spacial score (nSPS) is 27.9. The molecule has 0 radical (unpaired) electrons. The van der Waals surface area contributed by atoms with E-state index in [1.165, 1.54) is 7.11 Å². The van der Waals surface area contributed by atoms with Crippen LogP contribution in [0.2, 0.25) is 0 Å². The number of rotatable bonds is 2. The number of hydrogen-bond acceptors (Lipinski definition) is 3. The lowest BCUT2D eigenvalue weighted by atomic mass is 9.90. The van der Waals surface area contributed by atoms with Crippen LogP contribution in [0.5, 0.6) is 0 Å². The van der Waals surface area contributed by atoms with Gasteiger partial charge in [-0.2, -0.15) is 0 Å². The van der Waals surface area contributed by atoms with Crippen molar-refractivity contribution >= 4 is 5.97 Å². The van der Waals surface area contributed by atoms with E-state index in [0.29, 0.717) is 5.57 Å². The van der Waals surface area contributed by atoms with Crippen molar-refractivity contribution in [3.8, 4) is 0 Å². The van der Waals surface area contributed by atoms with E-state index in [1.807, 2.05) is 0 Å². The average Bonchev–Trinajstić information content (AvgIpc) is 2.40. The Hall–Kier alpha value is -0.830. The number of aliphatic hydroxyl groups excluding tert-OH is 1. The van der Waals surface area contributed by atoms with Crippen molar-refractivity contribution in [3.05, 3.63) is 12.2 Å². The molecule has 0 saturated heterocycles. The van der Waals surface area contributed by atoms with Crippen molar-refractivity contribution in [2.24, 2.45) is 5.92 Å². The Balaban J connectivity index is 2.63. The van der Waals surface area contributed by atoms with Gasteiger partial charge in [0.2, 0.25) is 0 Å². The van der Waals surface area contributed by atoms with Gasteiger partial charge in [-0.15, -0.1) is 0 Å². The highest BCUT2D eigenvalue weighted by atomic mass is 16.5. The molecule has 1 rings (SSSR count). The number of carbonyl (C=O) groups excluding carboxylic acids is 1. The third-order valence-corrected chi connectivity index (χ3v) is 2.87. The third-order valence-electron chi connectivity index (χ3n) is 2.87. The molecule has 1 saturated carbocycles. The molecule has 0 spiro atoms. The topological polar surface area (TPSA) is 46.5 Å². The van der Waals surface area contributed by atoms with Gasteiger partial charge in [0.05, 0.1) is 13.2 Å². The number of ether oxygens (including phenoxy) is 1. The highest BCUT2D eigenvalue weighted by Gasteiger charge is 2.27. The summed E-state index contributed by atoms with van der Waals surface area (Å²) in [6.07, 6.45) is 4.39. The SMILES string of the molecule is C=C(C(=O)OC)[C@H]1CCCCC[C@H]1O. The van der Waals surface area contributed by atoms with E-state index in [-0.39, 0.29) is 5.92 Å². The Bertz CT molecular complexity index is 223. The van der Waals surface area contributed by atoms with Gasteiger partial charge in [-0.1, -0.05) is 25.8 Å². The van der Waals surface area contributed by atoms with Crippen molar-refractivity contribution in [2.45, 2.75) is 38.2 Å². The molecule has 1 aliphatic carbocycles. The highest BCUT2D eigenvalue weighted by molar-refractivity contribution is 5.88. The predicted molar refractivity (Wildman–Crippen MR) is 53.7 cm³/mol. The first-order valence-electron chi connectivity index (χ1n) is 5.12. The van der Waals surface area contributed by atoms with Crippen molar-refractivity contribution < 1.29 is 14.6 Å². The summed E-state index contributed by atoms with van der Waals surface area (Å²) in [6, 6.07) is 0. The smallest absolute Gasteiger partial charge is 0.333 e. The van der Waals surface area contributed by atoms with Crippen LogP contribution in [0.15, 0.2) is 12.2 Å². The van der Waals surface area contributed by atoms with E-state index in [0.717, 1.165) is 32.1 Å². The Morgan fingerprint density at radius 2 is 2.00 bits per heavy atom. The molecule has 0 bridgehead atoms. The maximum Gasteiger partial charge on any atom is 0.333 e. The Labute approximate surface area is 84.8 Å². The van der Waals surface area contributed by atoms with E-state index in [4.69, 9.17) is 0 Å². The van der Waals surface area contributed by atoms with E-state index >= 15 is 0 Å². The van der Waals surface area contributed by atoms with Gasteiger partial charge >= 0.3 is 5.97 Å². The number of methoxy groups -OCH3 is 1. The van der Waals surface area contributed by atoms with Gasteiger partial charge in [0.25, 0.3) is 0 Å². The van der Waals surface area contributed by atoms with Gasteiger partial charge in [-0.25, -0.2) is 4.79 Å². The quantitative estimate of drug-likeness (QED) is 0.417. The molecule has 1 fully saturated rings. The molecule has 1 aliphatic rings. The maximum atomic E-state index is 11.2. The fourth-order valence-electron chi connectivity index (χ4n) is 1.98. The van der Waals surface area contributed by atoms with Gasteiger partial charge < -0.3 is 9.84 Å². The van der Waals surface area contributed by atoms with Crippen LogP contribution < -0.4 is 0 Å². The van der Waals surface area contributed by atoms with E-state index in [1.54, 1.807) is 0 Å². The molecule has 2 atom stereocenters. The average molecular weight is 198 g/mol. The van der Waals surface area contributed by atoms with Crippen LogP contribution in [0.3, 0.4) is 0 Å². The fourth-order valence-corrected chi connectivity index (χ4v) is 1.98. The Morgan fingerprint density at radius 3 is 2.64 bits per heavy atom. The highest BCUT2D eigenvalue weighted by Crippen LogP contribution is 2.28. The lowest BCUT2D eigenvalue weighted by Gasteiger charge is -2.20. The molecule has 0 aliphatic heterocycles. The number of aliphatic hydroxyl groups is 1. The summed E-state index contributed by atoms with van der Waals surface area (Å²) in [7, 11) is 1.34. The van der Waals surface area contributed by atoms with E-state index in [9.17, 15) is 9.90 Å². The molecule has 0 aromatic carbocycles. The van der Waals surface area contributed by atoms with E-state index in [2.05, 4.69) is 11.3 Å². The van der Waals surface area contributed by atoms with Crippen LogP contribution >= 0.6 is 0 Å². The molecule has 0 heterocycles. The first-order valence-corrected chi connectivity index (χ1v) is 5.12. The Morgan fingerprint density at radius 1 is 1.36 bits per heavy atom. The van der Waals surface area contributed by atoms with Gasteiger partial charge in [-0.3, -0.25) is 0 Å². The minimum Gasteiger partial charge on any atom is -0.466 e. The lowest BCUT2D eigenvalue weighted by molar-refractivity contribution is -0.137. The summed E-state index contributed by atoms with van der Waals surface area (Å²) in [5.41, 5.74) is 0.418. The van der Waals surface area contributed by atoms with Crippen LogP contribution in [0.25, 0.3) is 0 Å². The monoisotopic (exact) mass is 198 g/mol. The molecule has 14 heavy (non-hydrogen) atoms.